The van der Waals surface area contributed by atoms with Crippen molar-refractivity contribution in [3.8, 4) is 0 Å². The molecule has 0 spiro atoms. The van der Waals surface area contributed by atoms with E-state index in [1.54, 1.807) is 0 Å². The van der Waals surface area contributed by atoms with Gasteiger partial charge in [0.1, 0.15) is 0 Å². The molecule has 2 bridgehead atoms. The van der Waals surface area contributed by atoms with Gasteiger partial charge in [-0.2, -0.15) is 0 Å². The molecule has 6 aliphatic carbocycles. The Morgan fingerprint density at radius 2 is 1.67 bits per heavy atom. The van der Waals surface area contributed by atoms with Gasteiger partial charge in [0, 0.05) is 0 Å². The Kier molecular flexibility index (Phi) is 0.206. The van der Waals surface area contributed by atoms with Crippen LogP contribution in [0.3, 0.4) is 0 Å². The van der Waals surface area contributed by atoms with Crippen LogP contribution in [0.4, 0.5) is 0 Å². The van der Waals surface area contributed by atoms with Crippen molar-refractivity contribution < 1.29 is 0 Å². The summed E-state index contributed by atoms with van der Waals surface area (Å²) in [6.07, 6.45) is 2.63. The van der Waals surface area contributed by atoms with Crippen LogP contribution in [0.15, 0.2) is 11.6 Å². The summed E-state index contributed by atoms with van der Waals surface area (Å²) in [5, 5.41) is 0. The van der Waals surface area contributed by atoms with Crippen LogP contribution in [-0.4, -0.2) is 0 Å². The summed E-state index contributed by atoms with van der Waals surface area (Å²) in [7, 11) is 0. The Hall–Kier alpha value is -0.260. The van der Waals surface area contributed by atoms with E-state index in [-0.39, 0.29) is 0 Å². The number of allylic oxidation sites excluding steroid dienone is 2. The fourth-order valence-electron chi connectivity index (χ4n) is 4.94. The molecular formula is C9H8. The molecule has 0 aromatic rings. The molecule has 0 radical (unpaired) electrons. The van der Waals surface area contributed by atoms with E-state index in [4.69, 9.17) is 0 Å². The molecule has 9 heavy (non-hydrogen) atoms. The molecule has 4 saturated carbocycles. The molecule has 44 valence electrons. The summed E-state index contributed by atoms with van der Waals surface area (Å²) in [4.78, 5) is 0. The number of hydrogen-bond donors (Lipinski definition) is 0. The Labute approximate surface area is 53.9 Å². The zero-order chi connectivity index (χ0) is 5.33. The lowest BCUT2D eigenvalue weighted by Gasteiger charge is -2.84. The quantitative estimate of drug-likeness (QED) is 0.418. The van der Waals surface area contributed by atoms with Crippen molar-refractivity contribution in [3.05, 3.63) is 11.6 Å². The largest absolute Gasteiger partial charge is 0.0810 e. The second kappa shape index (κ2) is 0.574. The Morgan fingerprint density at radius 3 is 2.11 bits per heavy atom. The number of hydrogen-bond acceptors (Lipinski definition) is 0. The highest BCUT2D eigenvalue weighted by Gasteiger charge is 2.87. The molecule has 6 rings (SSSR count). The van der Waals surface area contributed by atoms with Crippen LogP contribution in [0, 0.1) is 41.4 Å². The minimum Gasteiger partial charge on any atom is -0.0810 e. The van der Waals surface area contributed by atoms with Gasteiger partial charge in [-0.3, -0.25) is 0 Å². The second-order valence-corrected chi connectivity index (χ2v) is 4.60. The van der Waals surface area contributed by atoms with Crippen molar-refractivity contribution in [3.63, 3.8) is 0 Å². The maximum atomic E-state index is 2.63. The lowest BCUT2D eigenvalue weighted by molar-refractivity contribution is -0.333. The highest BCUT2D eigenvalue weighted by Crippen LogP contribution is 2.92. The molecule has 0 aromatic carbocycles. The van der Waals surface area contributed by atoms with Crippen molar-refractivity contribution in [2.75, 3.05) is 0 Å². The third-order valence-electron chi connectivity index (χ3n) is 5.04. The minimum atomic E-state index is 1.13. The molecule has 4 atom stereocenters. The molecule has 4 fully saturated rings. The third-order valence-corrected chi connectivity index (χ3v) is 5.04. The lowest BCUT2D eigenvalue weighted by Crippen LogP contribution is -2.81. The normalized spacial score (nSPS) is 89.8. The van der Waals surface area contributed by atoms with E-state index in [1.165, 1.54) is 35.5 Å². The van der Waals surface area contributed by atoms with Crippen LogP contribution >= 0.6 is 0 Å². The minimum absolute atomic E-state index is 1.13. The molecule has 0 N–H and O–H groups in total. The average molecular weight is 116 g/mol. The maximum Gasteiger partial charge on any atom is -0.0126 e. The van der Waals surface area contributed by atoms with Gasteiger partial charge < -0.3 is 0 Å². The summed E-state index contributed by atoms with van der Waals surface area (Å²) >= 11 is 0. The Bertz CT molecular complexity index is 250. The van der Waals surface area contributed by atoms with Crippen molar-refractivity contribution >= 4 is 0 Å². The fourth-order valence-corrected chi connectivity index (χ4v) is 4.94. The zero-order valence-corrected chi connectivity index (χ0v) is 5.12. The smallest absolute Gasteiger partial charge is 0.0126 e. The molecule has 0 heterocycles. The van der Waals surface area contributed by atoms with Crippen molar-refractivity contribution in [2.45, 2.75) is 0 Å². The Morgan fingerprint density at radius 1 is 0.889 bits per heavy atom. The average Bonchev–Trinajstić information content (AvgIpc) is 2.12. The third kappa shape index (κ3) is 0.112. The van der Waals surface area contributed by atoms with Crippen molar-refractivity contribution in [2.24, 2.45) is 41.4 Å². The monoisotopic (exact) mass is 116 g/mol. The molecule has 0 nitrogen and oxygen atoms in total. The first-order chi connectivity index (χ1) is 4.48. The standard InChI is InChI=1S/C9H8/c1-2-4-6-3(1)7-5(2)8(4)9(6)7/h1-2,4-9H. The molecular weight excluding hydrogens is 108 g/mol. The van der Waals surface area contributed by atoms with Crippen molar-refractivity contribution in [1.82, 2.24) is 0 Å². The molecule has 4 unspecified atom stereocenters. The van der Waals surface area contributed by atoms with Gasteiger partial charge in [-0.05, 0) is 41.4 Å². The first-order valence-corrected chi connectivity index (χ1v) is 4.20. The molecule has 6 aliphatic rings. The SMILES string of the molecule is C1=C2C3C4C1C1C2C3C41. The van der Waals surface area contributed by atoms with E-state index in [1.807, 2.05) is 5.57 Å². The zero-order valence-electron chi connectivity index (χ0n) is 5.12. The first kappa shape index (κ1) is 3.23. The van der Waals surface area contributed by atoms with Gasteiger partial charge >= 0.3 is 0 Å². The van der Waals surface area contributed by atoms with Gasteiger partial charge in [-0.1, -0.05) is 11.6 Å². The van der Waals surface area contributed by atoms with Crippen LogP contribution in [0.5, 0.6) is 0 Å². The second-order valence-electron chi connectivity index (χ2n) is 4.60. The predicted octanol–water partition coefficient (Wildman–Crippen LogP) is 1.29. The first-order valence-electron chi connectivity index (χ1n) is 4.20. The van der Waals surface area contributed by atoms with Crippen LogP contribution in [-0.2, 0) is 0 Å². The topological polar surface area (TPSA) is 0 Å². The van der Waals surface area contributed by atoms with Crippen LogP contribution in [0.1, 0.15) is 0 Å². The maximum absolute atomic E-state index is 2.63. The van der Waals surface area contributed by atoms with Gasteiger partial charge in [0.2, 0.25) is 0 Å². The van der Waals surface area contributed by atoms with Gasteiger partial charge in [0.15, 0.2) is 0 Å². The number of rotatable bonds is 0. The molecule has 0 heteroatoms. The van der Waals surface area contributed by atoms with E-state index in [9.17, 15) is 0 Å². The predicted molar refractivity (Wildman–Crippen MR) is 32.5 cm³/mol. The van der Waals surface area contributed by atoms with E-state index >= 15 is 0 Å². The highest BCUT2D eigenvalue weighted by molar-refractivity contribution is 5.54. The van der Waals surface area contributed by atoms with E-state index < -0.39 is 0 Å². The van der Waals surface area contributed by atoms with Gasteiger partial charge in [-0.15, -0.1) is 0 Å². The van der Waals surface area contributed by atoms with Gasteiger partial charge in [-0.25, -0.2) is 0 Å². The molecule has 0 amide bonds. The summed E-state index contributed by atoms with van der Waals surface area (Å²) in [5.41, 5.74) is 1.92. The summed E-state index contributed by atoms with van der Waals surface area (Å²) in [5.74, 6) is 8.45. The fraction of sp³-hybridized carbons (Fsp3) is 0.778. The Balaban J connectivity index is 2.03. The van der Waals surface area contributed by atoms with Crippen molar-refractivity contribution in [1.29, 1.82) is 0 Å². The summed E-state index contributed by atoms with van der Waals surface area (Å²) in [6, 6.07) is 0. The van der Waals surface area contributed by atoms with E-state index in [0.717, 1.165) is 5.92 Å². The van der Waals surface area contributed by atoms with Crippen LogP contribution in [0.25, 0.3) is 0 Å². The molecule has 0 saturated heterocycles. The molecule has 0 aliphatic heterocycles. The van der Waals surface area contributed by atoms with E-state index in [0.29, 0.717) is 0 Å². The summed E-state index contributed by atoms with van der Waals surface area (Å²) < 4.78 is 0. The van der Waals surface area contributed by atoms with Gasteiger partial charge in [0.05, 0.1) is 0 Å². The summed E-state index contributed by atoms with van der Waals surface area (Å²) in [6.45, 7) is 0. The van der Waals surface area contributed by atoms with Crippen LogP contribution in [0.2, 0.25) is 0 Å². The highest BCUT2D eigenvalue weighted by atomic mass is 14.9. The van der Waals surface area contributed by atoms with Gasteiger partial charge in [0.25, 0.3) is 0 Å². The van der Waals surface area contributed by atoms with Crippen LogP contribution < -0.4 is 0 Å². The lowest BCUT2D eigenvalue weighted by atomic mass is 9.20. The van der Waals surface area contributed by atoms with E-state index in [2.05, 4.69) is 6.08 Å². The molecule has 0 aromatic heterocycles.